The molecule has 1 amide bonds. The van der Waals surface area contributed by atoms with Gasteiger partial charge in [0.15, 0.2) is 5.60 Å². The Labute approximate surface area is 158 Å². The molecule has 2 atom stereocenters. The molecule has 0 saturated carbocycles. The molecule has 1 aromatic carbocycles. The number of carbonyl (C=O) groups is 1. The fourth-order valence-corrected chi connectivity index (χ4v) is 4.36. The smallest absolute Gasteiger partial charge is 0.266 e. The summed E-state index contributed by atoms with van der Waals surface area (Å²) in [7, 11) is 0. The first-order valence-electron chi connectivity index (χ1n) is 9.07. The number of aromatic nitrogens is 3. The first-order chi connectivity index (χ1) is 12.4. The number of rotatable bonds is 4. The normalized spacial score (nSPS) is 25.3. The molecule has 2 aliphatic heterocycles. The Morgan fingerprint density at radius 2 is 1.65 bits per heavy atom. The van der Waals surface area contributed by atoms with E-state index in [1.165, 1.54) is 0 Å². The van der Waals surface area contributed by atoms with Crippen molar-refractivity contribution in [3.05, 3.63) is 41.7 Å². The Morgan fingerprint density at radius 1 is 1.08 bits per heavy atom. The number of ether oxygens (including phenoxy) is 1. The minimum Gasteiger partial charge on any atom is -0.478 e. The van der Waals surface area contributed by atoms with Crippen LogP contribution in [0.25, 0.3) is 0 Å². The molecule has 0 aliphatic carbocycles. The lowest BCUT2D eigenvalue weighted by atomic mass is 9.95. The van der Waals surface area contributed by atoms with Gasteiger partial charge in [-0.05, 0) is 63.8 Å². The zero-order valence-electron chi connectivity index (χ0n) is 15.0. The summed E-state index contributed by atoms with van der Waals surface area (Å²) < 4.78 is 6.02. The molecule has 1 aromatic heterocycles. The maximum Gasteiger partial charge on any atom is 0.266 e. The van der Waals surface area contributed by atoms with Gasteiger partial charge in [-0.15, -0.1) is 0 Å². The third kappa shape index (κ3) is 3.18. The molecule has 2 aromatic rings. The zero-order chi connectivity index (χ0) is 18.3. The van der Waals surface area contributed by atoms with Gasteiger partial charge in [-0.1, -0.05) is 11.6 Å². The number of piperidine rings is 1. The number of amides is 1. The molecule has 138 valence electrons. The van der Waals surface area contributed by atoms with Crippen LogP contribution in [0.4, 0.5) is 0 Å². The van der Waals surface area contributed by atoms with Gasteiger partial charge in [0, 0.05) is 17.1 Å². The summed E-state index contributed by atoms with van der Waals surface area (Å²) in [6.07, 6.45) is 7.28. The monoisotopic (exact) mass is 374 g/mol. The predicted octanol–water partition coefficient (Wildman–Crippen LogP) is 3.48. The summed E-state index contributed by atoms with van der Waals surface area (Å²) in [5, 5.41) is 9.22. The second-order valence-corrected chi connectivity index (χ2v) is 8.07. The highest BCUT2D eigenvalue weighted by molar-refractivity contribution is 6.30. The molecule has 2 fully saturated rings. The van der Waals surface area contributed by atoms with Crippen LogP contribution in [0.3, 0.4) is 0 Å². The summed E-state index contributed by atoms with van der Waals surface area (Å²) in [5.74, 6) is 0.697. The summed E-state index contributed by atoms with van der Waals surface area (Å²) in [5.41, 5.74) is -0.925. The molecule has 26 heavy (non-hydrogen) atoms. The number of carbonyl (C=O) groups excluding carboxylic acids is 1. The molecule has 0 spiro atoms. The van der Waals surface area contributed by atoms with Crippen molar-refractivity contribution in [3.63, 3.8) is 0 Å². The van der Waals surface area contributed by atoms with Crippen LogP contribution in [-0.2, 0) is 4.79 Å². The predicted molar refractivity (Wildman–Crippen MR) is 98.1 cm³/mol. The van der Waals surface area contributed by atoms with E-state index in [-0.39, 0.29) is 24.0 Å². The fourth-order valence-electron chi connectivity index (χ4n) is 4.23. The molecule has 6 nitrogen and oxygen atoms in total. The number of nitrogens with zero attached hydrogens (tertiary/aromatic N) is 4. The van der Waals surface area contributed by atoms with E-state index >= 15 is 0 Å². The Kier molecular flexibility index (Phi) is 4.39. The molecular formula is C19H23ClN4O2. The Morgan fingerprint density at radius 3 is 2.23 bits per heavy atom. The van der Waals surface area contributed by atoms with Crippen LogP contribution < -0.4 is 4.74 Å². The molecule has 7 heteroatoms. The highest BCUT2D eigenvalue weighted by Gasteiger charge is 2.48. The second-order valence-electron chi connectivity index (χ2n) is 7.64. The number of fused-ring (bicyclic) bond motifs is 2. The van der Waals surface area contributed by atoms with E-state index in [4.69, 9.17) is 16.3 Å². The van der Waals surface area contributed by atoms with E-state index in [9.17, 15) is 4.79 Å². The molecule has 2 unspecified atom stereocenters. The van der Waals surface area contributed by atoms with Crippen molar-refractivity contribution in [2.45, 2.75) is 63.3 Å². The third-order valence-corrected chi connectivity index (χ3v) is 5.66. The van der Waals surface area contributed by atoms with Crippen LogP contribution in [0, 0.1) is 0 Å². The summed E-state index contributed by atoms with van der Waals surface area (Å²) in [4.78, 5) is 17.1. The lowest BCUT2D eigenvalue weighted by Gasteiger charge is -2.42. The van der Waals surface area contributed by atoms with E-state index in [1.807, 2.05) is 13.8 Å². The average molecular weight is 375 g/mol. The van der Waals surface area contributed by atoms with Crippen LogP contribution in [0.1, 0.15) is 45.6 Å². The van der Waals surface area contributed by atoms with Crippen LogP contribution in [-0.4, -0.2) is 43.5 Å². The number of benzene rings is 1. The summed E-state index contributed by atoms with van der Waals surface area (Å²) in [6.45, 7) is 3.68. The van der Waals surface area contributed by atoms with Crippen LogP contribution in [0.5, 0.6) is 5.75 Å². The van der Waals surface area contributed by atoms with E-state index < -0.39 is 5.60 Å². The molecule has 2 saturated heterocycles. The van der Waals surface area contributed by atoms with Crippen LogP contribution >= 0.6 is 11.6 Å². The van der Waals surface area contributed by atoms with Gasteiger partial charge in [0.25, 0.3) is 5.91 Å². The van der Waals surface area contributed by atoms with E-state index in [2.05, 4.69) is 15.1 Å². The molecule has 2 aliphatic rings. The standard InChI is InChI=1S/C19H23ClN4O2/c1-19(2,26-17-7-3-13(20)4-8-17)18(25)23-14-5-6-15(23)12-16(11-14)24-21-9-10-22-24/h3-4,7-10,14-16H,5-6,11-12H2,1-2H3. The summed E-state index contributed by atoms with van der Waals surface area (Å²) >= 11 is 5.93. The van der Waals surface area contributed by atoms with Gasteiger partial charge in [0.05, 0.1) is 18.4 Å². The van der Waals surface area contributed by atoms with E-state index in [0.29, 0.717) is 10.8 Å². The highest BCUT2D eigenvalue weighted by atomic mass is 35.5. The van der Waals surface area contributed by atoms with Crippen molar-refractivity contribution < 1.29 is 9.53 Å². The van der Waals surface area contributed by atoms with E-state index in [1.54, 1.807) is 41.5 Å². The summed E-state index contributed by atoms with van der Waals surface area (Å²) in [6, 6.07) is 7.85. The number of halogens is 1. The average Bonchev–Trinajstić information content (AvgIpc) is 3.23. The van der Waals surface area contributed by atoms with Crippen LogP contribution in [0.2, 0.25) is 5.02 Å². The lowest BCUT2D eigenvalue weighted by molar-refractivity contribution is -0.151. The van der Waals surface area contributed by atoms with Crippen molar-refractivity contribution in [3.8, 4) is 5.75 Å². The minimum atomic E-state index is -0.925. The van der Waals surface area contributed by atoms with Gasteiger partial charge in [-0.25, -0.2) is 0 Å². The molecule has 2 bridgehead atoms. The zero-order valence-corrected chi connectivity index (χ0v) is 15.8. The fraction of sp³-hybridized carbons (Fsp3) is 0.526. The Hall–Kier alpha value is -2.08. The van der Waals surface area contributed by atoms with Crippen molar-refractivity contribution in [2.24, 2.45) is 0 Å². The first kappa shape index (κ1) is 17.3. The SMILES string of the molecule is CC(C)(Oc1ccc(Cl)cc1)C(=O)N1C2CCC1CC(n1nccn1)C2. The van der Waals surface area contributed by atoms with Crippen molar-refractivity contribution >= 4 is 17.5 Å². The Bertz CT molecular complexity index is 761. The van der Waals surface area contributed by atoms with Crippen molar-refractivity contribution in [1.82, 2.24) is 19.9 Å². The molecular weight excluding hydrogens is 352 g/mol. The lowest BCUT2D eigenvalue weighted by Crippen LogP contribution is -2.55. The highest BCUT2D eigenvalue weighted by Crippen LogP contribution is 2.41. The second kappa shape index (κ2) is 6.58. The Balaban J connectivity index is 1.48. The van der Waals surface area contributed by atoms with Gasteiger partial charge in [0.2, 0.25) is 0 Å². The van der Waals surface area contributed by atoms with Crippen molar-refractivity contribution in [2.75, 3.05) is 0 Å². The topological polar surface area (TPSA) is 60.2 Å². The maximum absolute atomic E-state index is 13.3. The van der Waals surface area contributed by atoms with E-state index in [0.717, 1.165) is 25.7 Å². The van der Waals surface area contributed by atoms with Gasteiger partial charge in [-0.2, -0.15) is 15.0 Å². The van der Waals surface area contributed by atoms with Gasteiger partial charge in [0.1, 0.15) is 5.75 Å². The minimum absolute atomic E-state index is 0.0480. The van der Waals surface area contributed by atoms with Gasteiger partial charge < -0.3 is 9.64 Å². The molecule has 0 radical (unpaired) electrons. The quantitative estimate of drug-likeness (QED) is 0.822. The van der Waals surface area contributed by atoms with Gasteiger partial charge >= 0.3 is 0 Å². The maximum atomic E-state index is 13.3. The van der Waals surface area contributed by atoms with Crippen molar-refractivity contribution in [1.29, 1.82) is 0 Å². The third-order valence-electron chi connectivity index (χ3n) is 5.41. The molecule has 3 heterocycles. The van der Waals surface area contributed by atoms with Gasteiger partial charge in [-0.3, -0.25) is 4.79 Å². The number of hydrogen-bond acceptors (Lipinski definition) is 4. The molecule has 4 rings (SSSR count). The molecule has 0 N–H and O–H groups in total. The van der Waals surface area contributed by atoms with Crippen LogP contribution in [0.15, 0.2) is 36.7 Å². The number of hydrogen-bond donors (Lipinski definition) is 0. The first-order valence-corrected chi connectivity index (χ1v) is 9.45. The largest absolute Gasteiger partial charge is 0.478 e.